The van der Waals surface area contributed by atoms with Crippen molar-refractivity contribution < 1.29 is 14.6 Å². The Labute approximate surface area is 162 Å². The van der Waals surface area contributed by atoms with Crippen LogP contribution in [0.1, 0.15) is 68.1 Å². The Bertz CT molecular complexity index is 831. The number of phenolic OH excluding ortho intramolecular Hbond substituents is 1. The van der Waals surface area contributed by atoms with E-state index in [2.05, 4.69) is 33.8 Å². The molecule has 0 aromatic heterocycles. The van der Waals surface area contributed by atoms with E-state index in [0.29, 0.717) is 23.8 Å². The van der Waals surface area contributed by atoms with Crippen LogP contribution in [0.5, 0.6) is 5.75 Å². The van der Waals surface area contributed by atoms with Crippen molar-refractivity contribution in [2.45, 2.75) is 58.3 Å². The Morgan fingerprint density at radius 1 is 1.07 bits per heavy atom. The second kappa shape index (κ2) is 7.03. The van der Waals surface area contributed by atoms with Crippen LogP contribution in [-0.4, -0.2) is 17.7 Å². The molecular formula is C24H30O3. The monoisotopic (exact) mass is 366 g/mol. The average Bonchev–Trinajstić information content (AvgIpc) is 2.60. The first-order valence-electron chi connectivity index (χ1n) is 9.75. The summed E-state index contributed by atoms with van der Waals surface area (Å²) in [5.41, 5.74) is 4.42. The molecule has 2 aromatic rings. The maximum Gasteiger partial charge on any atom is 0.338 e. The van der Waals surface area contributed by atoms with Crippen molar-refractivity contribution in [2.24, 2.45) is 5.92 Å². The van der Waals surface area contributed by atoms with Gasteiger partial charge in [-0.15, -0.1) is 0 Å². The van der Waals surface area contributed by atoms with Crippen molar-refractivity contribution in [1.29, 1.82) is 0 Å². The lowest BCUT2D eigenvalue weighted by Gasteiger charge is -2.48. The van der Waals surface area contributed by atoms with Crippen LogP contribution >= 0.6 is 0 Å². The van der Waals surface area contributed by atoms with Crippen molar-refractivity contribution >= 4 is 5.97 Å². The maximum absolute atomic E-state index is 11.9. The molecule has 1 atom stereocenters. The zero-order chi connectivity index (χ0) is 19.8. The summed E-state index contributed by atoms with van der Waals surface area (Å²) in [6.45, 7) is 11.3. The molecule has 3 heteroatoms. The van der Waals surface area contributed by atoms with Gasteiger partial charge < -0.3 is 9.84 Å². The lowest BCUT2D eigenvalue weighted by Crippen LogP contribution is -2.42. The van der Waals surface area contributed by atoms with E-state index in [0.717, 1.165) is 12.8 Å². The second-order valence-electron chi connectivity index (χ2n) is 8.86. The first-order valence-corrected chi connectivity index (χ1v) is 9.75. The average molecular weight is 367 g/mol. The van der Waals surface area contributed by atoms with Crippen molar-refractivity contribution in [3.63, 3.8) is 0 Å². The van der Waals surface area contributed by atoms with E-state index in [-0.39, 0.29) is 16.8 Å². The number of rotatable bonds is 4. The van der Waals surface area contributed by atoms with Gasteiger partial charge in [-0.2, -0.15) is 0 Å². The quantitative estimate of drug-likeness (QED) is 0.738. The highest BCUT2D eigenvalue weighted by molar-refractivity contribution is 5.89. The first kappa shape index (κ1) is 19.5. The van der Waals surface area contributed by atoms with Gasteiger partial charge in [-0.05, 0) is 77.5 Å². The third-order valence-corrected chi connectivity index (χ3v) is 6.15. The van der Waals surface area contributed by atoms with Gasteiger partial charge in [0.1, 0.15) is 5.75 Å². The zero-order valence-electron chi connectivity index (χ0n) is 17.0. The van der Waals surface area contributed by atoms with Crippen molar-refractivity contribution in [1.82, 2.24) is 0 Å². The molecule has 0 saturated heterocycles. The highest BCUT2D eigenvalue weighted by atomic mass is 16.5. The molecule has 144 valence electrons. The first-order chi connectivity index (χ1) is 12.6. The largest absolute Gasteiger partial charge is 0.508 e. The van der Waals surface area contributed by atoms with Crippen LogP contribution in [0.25, 0.3) is 0 Å². The number of fused-ring (bicyclic) bond motifs is 1. The molecule has 3 nitrogen and oxygen atoms in total. The van der Waals surface area contributed by atoms with Gasteiger partial charge in [0, 0.05) is 0 Å². The lowest BCUT2D eigenvalue weighted by atomic mass is 9.56. The van der Waals surface area contributed by atoms with E-state index in [4.69, 9.17) is 4.74 Å². The number of aromatic hydroxyl groups is 1. The van der Waals surface area contributed by atoms with Gasteiger partial charge in [0.05, 0.1) is 12.2 Å². The molecule has 1 N–H and O–H groups in total. The topological polar surface area (TPSA) is 46.5 Å². The van der Waals surface area contributed by atoms with Gasteiger partial charge in [-0.25, -0.2) is 4.79 Å². The third-order valence-electron chi connectivity index (χ3n) is 6.15. The van der Waals surface area contributed by atoms with E-state index in [1.165, 1.54) is 16.7 Å². The zero-order valence-corrected chi connectivity index (χ0v) is 17.0. The van der Waals surface area contributed by atoms with Crippen LogP contribution in [0.2, 0.25) is 0 Å². The summed E-state index contributed by atoms with van der Waals surface area (Å²) < 4.78 is 5.07. The number of esters is 1. The second-order valence-corrected chi connectivity index (χ2v) is 8.86. The lowest BCUT2D eigenvalue weighted by molar-refractivity contribution is 0.0526. The summed E-state index contributed by atoms with van der Waals surface area (Å²) in [7, 11) is 0. The van der Waals surface area contributed by atoms with Gasteiger partial charge in [-0.1, -0.05) is 45.9 Å². The molecule has 27 heavy (non-hydrogen) atoms. The summed E-state index contributed by atoms with van der Waals surface area (Å²) in [6.07, 6.45) is 2.02. The Hall–Kier alpha value is -2.29. The van der Waals surface area contributed by atoms with Gasteiger partial charge in [-0.3, -0.25) is 0 Å². The third kappa shape index (κ3) is 3.73. The molecule has 0 fully saturated rings. The van der Waals surface area contributed by atoms with Crippen LogP contribution in [0, 0.1) is 5.92 Å². The van der Waals surface area contributed by atoms with E-state index in [1.54, 1.807) is 6.07 Å². The molecule has 3 rings (SSSR count). The number of hydrogen-bond donors (Lipinski definition) is 1. The summed E-state index contributed by atoms with van der Waals surface area (Å²) in [5, 5.41) is 10.0. The van der Waals surface area contributed by atoms with Crippen molar-refractivity contribution in [3.05, 3.63) is 64.7 Å². The fourth-order valence-electron chi connectivity index (χ4n) is 4.46. The smallest absolute Gasteiger partial charge is 0.338 e. The molecule has 2 aromatic carbocycles. The molecule has 0 spiro atoms. The van der Waals surface area contributed by atoms with Gasteiger partial charge >= 0.3 is 5.97 Å². The standard InChI is InChI=1S/C24H30O3/c1-6-27-22(26)17-9-7-16(8-10-17)13-18-15-23(2,3)20-12-11-19(25)14-21(20)24(18,4)5/h7-12,14,18,25H,6,13,15H2,1-5H3. The fourth-order valence-corrected chi connectivity index (χ4v) is 4.46. The predicted octanol–water partition coefficient (Wildman–Crippen LogP) is 5.39. The summed E-state index contributed by atoms with van der Waals surface area (Å²) in [6, 6.07) is 13.6. The van der Waals surface area contributed by atoms with Crippen molar-refractivity contribution in [3.8, 4) is 5.75 Å². The summed E-state index contributed by atoms with van der Waals surface area (Å²) in [4.78, 5) is 11.9. The molecule has 0 radical (unpaired) electrons. The number of carbonyl (C=O) groups is 1. The van der Waals surface area contributed by atoms with Gasteiger partial charge in [0.25, 0.3) is 0 Å². The summed E-state index contributed by atoms with van der Waals surface area (Å²) in [5.74, 6) is 0.500. The molecular weight excluding hydrogens is 336 g/mol. The number of phenols is 1. The number of hydrogen-bond acceptors (Lipinski definition) is 3. The molecule has 0 heterocycles. The SMILES string of the molecule is CCOC(=O)c1ccc(CC2CC(C)(C)c3ccc(O)cc3C2(C)C)cc1. The minimum atomic E-state index is -0.271. The number of carbonyl (C=O) groups excluding carboxylic acids is 1. The van der Waals surface area contributed by atoms with Crippen LogP contribution in [0.4, 0.5) is 0 Å². The van der Waals surface area contributed by atoms with E-state index < -0.39 is 0 Å². The Balaban J connectivity index is 1.88. The molecule has 0 aliphatic heterocycles. The van der Waals surface area contributed by atoms with E-state index >= 15 is 0 Å². The minimum Gasteiger partial charge on any atom is -0.508 e. The van der Waals surface area contributed by atoms with Gasteiger partial charge in [0.2, 0.25) is 0 Å². The van der Waals surface area contributed by atoms with Crippen LogP contribution in [0.15, 0.2) is 42.5 Å². The normalized spacial score (nSPS) is 20.0. The highest BCUT2D eigenvalue weighted by Crippen LogP contribution is 2.50. The molecule has 0 amide bonds. The molecule has 0 saturated carbocycles. The molecule has 0 bridgehead atoms. The minimum absolute atomic E-state index is 0.0383. The Morgan fingerprint density at radius 2 is 1.74 bits per heavy atom. The Kier molecular flexibility index (Phi) is 5.07. The van der Waals surface area contributed by atoms with Gasteiger partial charge in [0.15, 0.2) is 0 Å². The number of benzene rings is 2. The fraction of sp³-hybridized carbons (Fsp3) is 0.458. The number of ether oxygens (including phenoxy) is 1. The van der Waals surface area contributed by atoms with Crippen LogP contribution in [-0.2, 0) is 22.0 Å². The molecule has 1 unspecified atom stereocenters. The molecule has 1 aliphatic carbocycles. The molecule has 1 aliphatic rings. The summed E-state index contributed by atoms with van der Waals surface area (Å²) >= 11 is 0. The predicted molar refractivity (Wildman–Crippen MR) is 108 cm³/mol. The van der Waals surface area contributed by atoms with E-state index in [9.17, 15) is 9.90 Å². The van der Waals surface area contributed by atoms with E-state index in [1.807, 2.05) is 37.3 Å². The maximum atomic E-state index is 11.9. The highest BCUT2D eigenvalue weighted by Gasteiger charge is 2.43. The van der Waals surface area contributed by atoms with Crippen LogP contribution in [0.3, 0.4) is 0 Å². The Morgan fingerprint density at radius 3 is 2.37 bits per heavy atom. The van der Waals surface area contributed by atoms with Crippen molar-refractivity contribution in [2.75, 3.05) is 6.61 Å². The van der Waals surface area contributed by atoms with Crippen LogP contribution < -0.4 is 0 Å².